The zero-order chi connectivity index (χ0) is 49.0. The third-order valence-electron chi connectivity index (χ3n) is 14.2. The second-order valence-electron chi connectivity index (χ2n) is 19.1. The van der Waals surface area contributed by atoms with Crippen LogP contribution in [0.25, 0.3) is 0 Å². The standard InChI is InChI=1S/C24H29F6N3O3.C20H29N3O.C3H5F3O/c1-16(34)33-10-3-6-17-4-2-5-18(19(17)33)14-31-11-7-22(15-31)8-12-32(13-9-22)21(35)36-20(23(25,26)27)24(28,29)30;1-16(24)23-12-3-6-17-4-2-5-18(19(17)23)14-22-13-9-20(15-22)7-10-21-11-8-20;1-2(7)3(4,5)6/h2,4-5,20H,3,6-15H2,1H3;2,4-5,21H,3,6-15H2,1H3;2,7H,1H3. The summed E-state index contributed by atoms with van der Waals surface area (Å²) in [4.78, 5) is 46.0. The number of rotatable bonds is 5. The van der Waals surface area contributed by atoms with Gasteiger partial charge in [0.1, 0.15) is 6.10 Å². The quantitative estimate of drug-likeness (QED) is 0.288. The van der Waals surface area contributed by atoms with Crippen molar-refractivity contribution in [3.05, 3.63) is 58.7 Å². The Morgan fingerprint density at radius 3 is 1.43 bits per heavy atom. The van der Waals surface area contributed by atoms with Gasteiger partial charge in [0.2, 0.25) is 11.8 Å². The summed E-state index contributed by atoms with van der Waals surface area (Å²) in [6, 6.07) is 12.6. The Bertz CT molecular complexity index is 2020. The van der Waals surface area contributed by atoms with Gasteiger partial charge in [0, 0.05) is 66.2 Å². The van der Waals surface area contributed by atoms with E-state index in [0.717, 1.165) is 73.5 Å². The molecule has 0 radical (unpaired) electrons. The van der Waals surface area contributed by atoms with E-state index in [0.29, 0.717) is 44.8 Å². The van der Waals surface area contributed by atoms with E-state index in [-0.39, 0.29) is 30.3 Å². The van der Waals surface area contributed by atoms with Crippen LogP contribution in [0.4, 0.5) is 55.7 Å². The summed E-state index contributed by atoms with van der Waals surface area (Å²) in [5.74, 6) is 0.179. The molecule has 2 aromatic carbocycles. The van der Waals surface area contributed by atoms with Crippen molar-refractivity contribution >= 4 is 29.3 Å². The first kappa shape index (κ1) is 52.2. The van der Waals surface area contributed by atoms with Gasteiger partial charge in [-0.15, -0.1) is 0 Å². The number of fused-ring (bicyclic) bond motifs is 2. The highest BCUT2D eigenvalue weighted by Gasteiger charge is 2.60. The summed E-state index contributed by atoms with van der Waals surface area (Å²) in [5, 5.41) is 11.3. The first-order valence-electron chi connectivity index (χ1n) is 23.2. The van der Waals surface area contributed by atoms with Crippen molar-refractivity contribution in [2.24, 2.45) is 10.8 Å². The first-order chi connectivity index (χ1) is 31.4. The van der Waals surface area contributed by atoms with Crippen LogP contribution in [0, 0.1) is 10.8 Å². The Morgan fingerprint density at radius 2 is 1.04 bits per heavy atom. The number of aryl methyl sites for hydroxylation is 2. The lowest BCUT2D eigenvalue weighted by Crippen LogP contribution is -2.50. The van der Waals surface area contributed by atoms with Crippen LogP contribution in [0.2, 0.25) is 0 Å². The van der Waals surface area contributed by atoms with Gasteiger partial charge in [-0.05, 0) is 130 Å². The largest absolute Gasteiger partial charge is 0.434 e. The van der Waals surface area contributed by atoms with Gasteiger partial charge in [-0.3, -0.25) is 19.4 Å². The molecule has 0 bridgehead atoms. The van der Waals surface area contributed by atoms with Crippen molar-refractivity contribution in [1.82, 2.24) is 20.0 Å². The lowest BCUT2D eigenvalue weighted by Gasteiger charge is -2.39. The van der Waals surface area contributed by atoms with Gasteiger partial charge in [-0.2, -0.15) is 39.5 Å². The number of carbonyl (C=O) groups is 3. The summed E-state index contributed by atoms with van der Waals surface area (Å²) < 4.78 is 113. The molecule has 374 valence electrons. The minimum Gasteiger partial charge on any atom is -0.426 e. The molecule has 0 aliphatic carbocycles. The Kier molecular flexibility index (Phi) is 16.6. The van der Waals surface area contributed by atoms with E-state index < -0.39 is 36.8 Å². The van der Waals surface area contributed by atoms with Crippen LogP contribution in [0.3, 0.4) is 0 Å². The summed E-state index contributed by atoms with van der Waals surface area (Å²) in [7, 11) is 0. The lowest BCUT2D eigenvalue weighted by atomic mass is 9.78. The molecule has 6 aliphatic rings. The van der Waals surface area contributed by atoms with Crippen LogP contribution in [0.1, 0.15) is 94.4 Å². The molecule has 8 rings (SSSR count). The maximum Gasteiger partial charge on any atom is 0.434 e. The molecule has 2 aromatic rings. The topological polar surface area (TPSA) is 109 Å². The average Bonchev–Trinajstić information content (AvgIpc) is 3.84. The van der Waals surface area contributed by atoms with Gasteiger partial charge in [-0.1, -0.05) is 36.4 Å². The second-order valence-corrected chi connectivity index (χ2v) is 19.1. The normalized spacial score (nSPS) is 21.3. The number of amides is 3. The van der Waals surface area contributed by atoms with Crippen molar-refractivity contribution in [2.75, 3.05) is 75.2 Å². The Labute approximate surface area is 385 Å². The molecule has 2 spiro atoms. The summed E-state index contributed by atoms with van der Waals surface area (Å²) in [6.45, 7) is 13.4. The van der Waals surface area contributed by atoms with E-state index in [2.05, 4.69) is 38.1 Å². The number of aliphatic hydroxyl groups excluding tert-OH is 1. The number of nitrogens with one attached hydrogen (secondary N) is 1. The van der Waals surface area contributed by atoms with Crippen molar-refractivity contribution in [3.8, 4) is 0 Å². The number of alkyl halides is 9. The van der Waals surface area contributed by atoms with Crippen molar-refractivity contribution in [1.29, 1.82) is 0 Å². The fraction of sp³-hybridized carbons (Fsp3) is 0.681. The SMILES string of the molecule is CC(=O)N1CCCc2cccc(CN3CCC4(CCN(C(=O)OC(C(F)(F)F)C(F)(F)F)CC4)C3)c21.CC(=O)N1CCCc2cccc(CN3CCC4(CCNCC4)C3)c21.CC(O)C(F)(F)F. The van der Waals surface area contributed by atoms with Crippen LogP contribution in [-0.2, 0) is 40.3 Å². The molecule has 1 atom stereocenters. The molecule has 67 heavy (non-hydrogen) atoms. The van der Waals surface area contributed by atoms with E-state index in [1.807, 2.05) is 28.0 Å². The molecule has 4 fully saturated rings. The Hall–Kier alpha value is -4.14. The minimum absolute atomic E-state index is 0.00108. The fourth-order valence-electron chi connectivity index (χ4n) is 10.6. The number of anilines is 2. The molecule has 0 aromatic heterocycles. The monoisotopic (exact) mass is 962 g/mol. The summed E-state index contributed by atoms with van der Waals surface area (Å²) in [5.41, 5.74) is 7.45. The molecule has 6 heterocycles. The van der Waals surface area contributed by atoms with E-state index in [9.17, 15) is 53.9 Å². The zero-order valence-corrected chi connectivity index (χ0v) is 38.4. The summed E-state index contributed by atoms with van der Waals surface area (Å²) in [6.07, 6.45) is -14.1. The van der Waals surface area contributed by atoms with Crippen LogP contribution in [0.15, 0.2) is 36.4 Å². The highest BCUT2D eigenvalue weighted by molar-refractivity contribution is 5.94. The first-order valence-corrected chi connectivity index (χ1v) is 23.2. The van der Waals surface area contributed by atoms with Crippen molar-refractivity contribution in [3.63, 3.8) is 0 Å². The predicted octanol–water partition coefficient (Wildman–Crippen LogP) is 8.39. The van der Waals surface area contributed by atoms with Gasteiger partial charge in [-0.25, -0.2) is 4.79 Å². The molecule has 20 heteroatoms. The number of nitrogens with zero attached hydrogens (tertiary/aromatic N) is 5. The number of halogens is 9. The molecule has 2 N–H and O–H groups in total. The van der Waals surface area contributed by atoms with Gasteiger partial charge in [0.15, 0.2) is 0 Å². The van der Waals surface area contributed by atoms with Gasteiger partial charge >= 0.3 is 24.6 Å². The molecular formula is C47H63F9N6O5. The van der Waals surface area contributed by atoms with Crippen LogP contribution in [0.5, 0.6) is 0 Å². The molecule has 6 aliphatic heterocycles. The Morgan fingerprint density at radius 1 is 0.642 bits per heavy atom. The maximum absolute atomic E-state index is 12.7. The van der Waals surface area contributed by atoms with E-state index in [4.69, 9.17) is 5.11 Å². The number of para-hydroxylation sites is 2. The predicted molar refractivity (Wildman–Crippen MR) is 233 cm³/mol. The minimum atomic E-state index is -5.73. The number of benzene rings is 2. The fourth-order valence-corrected chi connectivity index (χ4v) is 10.6. The number of ether oxygens (including phenoxy) is 1. The maximum atomic E-state index is 12.7. The highest BCUT2D eigenvalue weighted by Crippen LogP contribution is 2.44. The third kappa shape index (κ3) is 13.1. The van der Waals surface area contributed by atoms with E-state index in [1.54, 1.807) is 13.8 Å². The number of carbonyl (C=O) groups excluding carboxylic acids is 3. The molecule has 11 nitrogen and oxygen atoms in total. The van der Waals surface area contributed by atoms with E-state index >= 15 is 0 Å². The molecule has 3 amide bonds. The number of hydrogen-bond acceptors (Lipinski definition) is 8. The third-order valence-corrected chi connectivity index (χ3v) is 14.2. The Balaban J connectivity index is 0.000000204. The van der Waals surface area contributed by atoms with Crippen LogP contribution in [-0.4, -0.2) is 134 Å². The average molecular weight is 963 g/mol. The molecule has 4 saturated heterocycles. The lowest BCUT2D eigenvalue weighted by molar-refractivity contribution is -0.308. The van der Waals surface area contributed by atoms with Crippen molar-refractivity contribution < 1.29 is 63.7 Å². The smallest absolute Gasteiger partial charge is 0.426 e. The number of aliphatic hydroxyl groups is 1. The second kappa shape index (κ2) is 21.2. The van der Waals surface area contributed by atoms with E-state index in [1.165, 1.54) is 62.3 Å². The number of likely N-dealkylation sites (tertiary alicyclic amines) is 3. The van der Waals surface area contributed by atoms with Crippen molar-refractivity contribution in [2.45, 2.75) is 129 Å². The molecule has 1 unspecified atom stereocenters. The van der Waals surface area contributed by atoms with Gasteiger partial charge in [0.05, 0.1) is 11.4 Å². The van der Waals surface area contributed by atoms with Gasteiger partial charge in [0.25, 0.3) is 6.10 Å². The number of piperidine rings is 2. The number of hydrogen-bond donors (Lipinski definition) is 2. The zero-order valence-electron chi connectivity index (χ0n) is 38.4. The molecular weight excluding hydrogens is 900 g/mol. The summed E-state index contributed by atoms with van der Waals surface area (Å²) >= 11 is 0. The van der Waals surface area contributed by atoms with Crippen LogP contribution < -0.4 is 15.1 Å². The highest BCUT2D eigenvalue weighted by atomic mass is 19.4. The van der Waals surface area contributed by atoms with Crippen LogP contribution >= 0.6 is 0 Å². The molecule has 0 saturated carbocycles. The van der Waals surface area contributed by atoms with Gasteiger partial charge < -0.3 is 29.9 Å².